The van der Waals surface area contributed by atoms with Crippen LogP contribution in [0.1, 0.15) is 17.0 Å². The molecule has 124 valence electrons. The van der Waals surface area contributed by atoms with Crippen LogP contribution in [-0.4, -0.2) is 54.1 Å². The van der Waals surface area contributed by atoms with Crippen LogP contribution >= 0.6 is 0 Å². The van der Waals surface area contributed by atoms with Gasteiger partial charge in [0.05, 0.1) is 24.1 Å². The van der Waals surface area contributed by atoms with Gasteiger partial charge < -0.3 is 15.0 Å². The van der Waals surface area contributed by atoms with Gasteiger partial charge in [0.1, 0.15) is 0 Å². The minimum atomic E-state index is 0.276. The highest BCUT2D eigenvalue weighted by Crippen LogP contribution is 2.17. The molecule has 1 unspecified atom stereocenters. The third kappa shape index (κ3) is 3.80. The monoisotopic (exact) mass is 314 g/mol. The molecule has 2 aromatic rings. The average Bonchev–Trinajstić information content (AvgIpc) is 2.84. The van der Waals surface area contributed by atoms with Gasteiger partial charge in [0, 0.05) is 37.4 Å². The molecule has 1 saturated heterocycles. The van der Waals surface area contributed by atoms with Gasteiger partial charge in [0.15, 0.2) is 0 Å². The SMILES string of the molecule is Cc1nn(-c2ccccc2)c(C)c1CNCC1CN(C)CCO1. The summed E-state index contributed by atoms with van der Waals surface area (Å²) in [5.74, 6) is 0. The zero-order valence-corrected chi connectivity index (χ0v) is 14.2. The predicted molar refractivity (Wildman–Crippen MR) is 92.0 cm³/mol. The molecule has 0 spiro atoms. The molecule has 0 bridgehead atoms. The van der Waals surface area contributed by atoms with E-state index >= 15 is 0 Å². The third-order valence-electron chi connectivity index (χ3n) is 4.46. The quantitative estimate of drug-likeness (QED) is 0.915. The summed E-state index contributed by atoms with van der Waals surface area (Å²) >= 11 is 0. The Balaban J connectivity index is 1.63. The molecule has 5 nitrogen and oxygen atoms in total. The molecule has 1 aliphatic heterocycles. The Hall–Kier alpha value is -1.69. The second kappa shape index (κ2) is 7.25. The van der Waals surface area contributed by atoms with Crippen molar-refractivity contribution >= 4 is 0 Å². The number of benzene rings is 1. The highest BCUT2D eigenvalue weighted by Gasteiger charge is 2.18. The highest BCUT2D eigenvalue weighted by molar-refractivity contribution is 5.36. The lowest BCUT2D eigenvalue weighted by atomic mass is 10.2. The number of nitrogens with zero attached hydrogens (tertiary/aromatic N) is 3. The van der Waals surface area contributed by atoms with Gasteiger partial charge in [-0.3, -0.25) is 0 Å². The van der Waals surface area contributed by atoms with Gasteiger partial charge in [0.25, 0.3) is 0 Å². The number of likely N-dealkylation sites (N-methyl/N-ethyl adjacent to an activating group) is 1. The normalized spacial score (nSPS) is 19.2. The van der Waals surface area contributed by atoms with Crippen LogP contribution in [0.2, 0.25) is 0 Å². The Morgan fingerprint density at radius 1 is 1.26 bits per heavy atom. The first kappa shape index (κ1) is 16.2. The maximum Gasteiger partial charge on any atom is 0.0826 e. The standard InChI is InChI=1S/C18H26N4O/c1-14-18(12-19-11-17-13-21(3)9-10-23-17)15(2)22(20-14)16-7-5-4-6-8-16/h4-8,17,19H,9-13H2,1-3H3. The molecule has 1 aliphatic rings. The van der Waals surface area contributed by atoms with Crippen LogP contribution in [0.4, 0.5) is 0 Å². The molecule has 1 fully saturated rings. The molecule has 23 heavy (non-hydrogen) atoms. The van der Waals surface area contributed by atoms with Gasteiger partial charge in [-0.2, -0.15) is 5.10 Å². The van der Waals surface area contributed by atoms with Gasteiger partial charge in [-0.05, 0) is 33.0 Å². The molecule has 0 radical (unpaired) electrons. The third-order valence-corrected chi connectivity index (χ3v) is 4.46. The molecule has 0 saturated carbocycles. The summed E-state index contributed by atoms with van der Waals surface area (Å²) in [7, 11) is 2.15. The highest BCUT2D eigenvalue weighted by atomic mass is 16.5. The lowest BCUT2D eigenvalue weighted by Crippen LogP contribution is -2.44. The van der Waals surface area contributed by atoms with Gasteiger partial charge in [0.2, 0.25) is 0 Å². The summed E-state index contributed by atoms with van der Waals surface area (Å²) in [6, 6.07) is 10.3. The van der Waals surface area contributed by atoms with E-state index in [1.54, 1.807) is 0 Å². The largest absolute Gasteiger partial charge is 0.374 e. The summed E-state index contributed by atoms with van der Waals surface area (Å²) in [5, 5.41) is 8.23. The van der Waals surface area contributed by atoms with Crippen LogP contribution < -0.4 is 5.32 Å². The van der Waals surface area contributed by atoms with E-state index in [0.29, 0.717) is 0 Å². The fourth-order valence-electron chi connectivity index (χ4n) is 3.10. The summed E-state index contributed by atoms with van der Waals surface area (Å²) in [4.78, 5) is 2.32. The number of aromatic nitrogens is 2. The van der Waals surface area contributed by atoms with E-state index in [4.69, 9.17) is 9.84 Å². The molecule has 1 atom stereocenters. The number of para-hydroxylation sites is 1. The summed E-state index contributed by atoms with van der Waals surface area (Å²) in [6.45, 7) is 8.76. The average molecular weight is 314 g/mol. The van der Waals surface area contributed by atoms with Crippen molar-refractivity contribution in [1.82, 2.24) is 20.0 Å². The number of rotatable bonds is 5. The predicted octanol–water partition coefficient (Wildman–Crippen LogP) is 1.91. The maximum absolute atomic E-state index is 5.80. The number of nitrogens with one attached hydrogen (secondary N) is 1. The van der Waals surface area contributed by atoms with E-state index < -0.39 is 0 Å². The smallest absolute Gasteiger partial charge is 0.0826 e. The van der Waals surface area contributed by atoms with E-state index in [2.05, 4.69) is 43.2 Å². The fraction of sp³-hybridized carbons (Fsp3) is 0.500. The van der Waals surface area contributed by atoms with Crippen molar-refractivity contribution in [3.63, 3.8) is 0 Å². The van der Waals surface area contributed by atoms with Crippen LogP contribution in [0, 0.1) is 13.8 Å². The van der Waals surface area contributed by atoms with E-state index in [-0.39, 0.29) is 6.10 Å². The zero-order chi connectivity index (χ0) is 16.2. The van der Waals surface area contributed by atoms with E-state index in [9.17, 15) is 0 Å². The number of morpholine rings is 1. The van der Waals surface area contributed by atoms with Crippen LogP contribution in [0.3, 0.4) is 0 Å². The van der Waals surface area contributed by atoms with Gasteiger partial charge >= 0.3 is 0 Å². The second-order valence-corrected chi connectivity index (χ2v) is 6.28. The maximum atomic E-state index is 5.80. The van der Waals surface area contributed by atoms with Crippen molar-refractivity contribution in [2.24, 2.45) is 0 Å². The Morgan fingerprint density at radius 2 is 2.04 bits per heavy atom. The topological polar surface area (TPSA) is 42.3 Å². The Morgan fingerprint density at radius 3 is 2.78 bits per heavy atom. The fourth-order valence-corrected chi connectivity index (χ4v) is 3.10. The number of hydrogen-bond acceptors (Lipinski definition) is 4. The zero-order valence-electron chi connectivity index (χ0n) is 14.2. The van der Waals surface area contributed by atoms with Crippen LogP contribution in [0.15, 0.2) is 30.3 Å². The van der Waals surface area contributed by atoms with Crippen LogP contribution in [-0.2, 0) is 11.3 Å². The van der Waals surface area contributed by atoms with Crippen molar-refractivity contribution in [2.45, 2.75) is 26.5 Å². The number of hydrogen-bond donors (Lipinski definition) is 1. The summed E-state index contributed by atoms with van der Waals surface area (Å²) < 4.78 is 7.82. The first-order valence-corrected chi connectivity index (χ1v) is 8.26. The van der Waals surface area contributed by atoms with Gasteiger partial charge in [-0.15, -0.1) is 0 Å². The van der Waals surface area contributed by atoms with Crippen molar-refractivity contribution < 1.29 is 4.74 Å². The molecular weight excluding hydrogens is 288 g/mol. The van der Waals surface area contributed by atoms with Gasteiger partial charge in [-0.25, -0.2) is 4.68 Å². The first-order valence-electron chi connectivity index (χ1n) is 8.26. The molecule has 0 aliphatic carbocycles. The molecule has 1 aromatic carbocycles. The Kier molecular flexibility index (Phi) is 5.10. The Labute approximate surface area is 138 Å². The molecule has 5 heteroatoms. The molecule has 2 heterocycles. The van der Waals surface area contributed by atoms with Crippen molar-refractivity contribution in [1.29, 1.82) is 0 Å². The molecular formula is C18H26N4O. The Bertz CT molecular complexity index is 638. The van der Waals surface area contributed by atoms with Crippen molar-refractivity contribution in [3.05, 3.63) is 47.3 Å². The van der Waals surface area contributed by atoms with E-state index in [1.807, 2.05) is 22.9 Å². The van der Waals surface area contributed by atoms with Crippen molar-refractivity contribution in [3.8, 4) is 5.69 Å². The number of ether oxygens (including phenoxy) is 1. The van der Waals surface area contributed by atoms with Gasteiger partial charge in [-0.1, -0.05) is 18.2 Å². The minimum Gasteiger partial charge on any atom is -0.374 e. The molecule has 0 amide bonds. The second-order valence-electron chi connectivity index (χ2n) is 6.28. The van der Waals surface area contributed by atoms with Crippen LogP contribution in [0.5, 0.6) is 0 Å². The lowest BCUT2D eigenvalue weighted by molar-refractivity contribution is -0.0182. The summed E-state index contributed by atoms with van der Waals surface area (Å²) in [6.07, 6.45) is 0.276. The number of aryl methyl sites for hydroxylation is 1. The van der Waals surface area contributed by atoms with E-state index in [0.717, 1.165) is 44.2 Å². The summed E-state index contributed by atoms with van der Waals surface area (Å²) in [5.41, 5.74) is 4.66. The lowest BCUT2D eigenvalue weighted by Gasteiger charge is -2.30. The first-order chi connectivity index (χ1) is 11.1. The van der Waals surface area contributed by atoms with Crippen molar-refractivity contribution in [2.75, 3.05) is 33.3 Å². The van der Waals surface area contributed by atoms with Crippen LogP contribution in [0.25, 0.3) is 5.69 Å². The molecule has 1 N–H and O–H groups in total. The van der Waals surface area contributed by atoms with E-state index in [1.165, 1.54) is 11.3 Å². The molecule has 1 aromatic heterocycles. The molecule has 3 rings (SSSR count). The minimum absolute atomic E-state index is 0.276.